The topological polar surface area (TPSA) is 46.3 Å². The summed E-state index contributed by atoms with van der Waals surface area (Å²) in [5, 5.41) is 0. The molecule has 1 amide bonds. The van der Waals surface area contributed by atoms with Crippen molar-refractivity contribution in [3.63, 3.8) is 0 Å². The summed E-state index contributed by atoms with van der Waals surface area (Å²) in [5.74, 6) is 2.90. The van der Waals surface area contributed by atoms with Gasteiger partial charge in [0.25, 0.3) is 0 Å². The van der Waals surface area contributed by atoms with Crippen LogP contribution in [-0.4, -0.2) is 29.9 Å². The first-order chi connectivity index (χ1) is 8.54. The normalized spacial score (nSPS) is 42.9. The lowest BCUT2D eigenvalue weighted by atomic mass is 9.52. The predicted molar refractivity (Wildman–Crippen MR) is 71.9 cm³/mol. The fraction of sp³-hybridized carbons (Fsp3) is 0.933. The minimum absolute atomic E-state index is 0.0250. The van der Waals surface area contributed by atoms with E-state index in [0.717, 1.165) is 17.8 Å². The Hall–Kier alpha value is -0.570. The molecule has 0 aromatic heterocycles. The van der Waals surface area contributed by atoms with Crippen LogP contribution in [0.2, 0.25) is 0 Å². The maximum Gasteiger partial charge on any atom is 0.226 e. The number of rotatable bonds is 3. The summed E-state index contributed by atoms with van der Waals surface area (Å²) in [7, 11) is 2.03. The number of hydrogen-bond acceptors (Lipinski definition) is 2. The van der Waals surface area contributed by atoms with E-state index in [2.05, 4.69) is 4.90 Å². The van der Waals surface area contributed by atoms with Gasteiger partial charge in [-0.1, -0.05) is 6.92 Å². The van der Waals surface area contributed by atoms with Crippen LogP contribution in [0.25, 0.3) is 0 Å². The summed E-state index contributed by atoms with van der Waals surface area (Å²) in [4.78, 5) is 14.5. The molecule has 0 heterocycles. The van der Waals surface area contributed by atoms with Gasteiger partial charge in [0, 0.05) is 25.0 Å². The van der Waals surface area contributed by atoms with Crippen LogP contribution in [0.3, 0.4) is 0 Å². The second-order valence-electron chi connectivity index (χ2n) is 7.18. The third kappa shape index (κ3) is 1.78. The van der Waals surface area contributed by atoms with Crippen molar-refractivity contribution in [1.82, 2.24) is 4.90 Å². The first kappa shape index (κ1) is 12.5. The van der Waals surface area contributed by atoms with E-state index in [9.17, 15) is 4.79 Å². The summed E-state index contributed by atoms with van der Waals surface area (Å²) in [6.07, 6.45) is 8.02. The fourth-order valence-electron chi connectivity index (χ4n) is 5.14. The molecule has 2 N–H and O–H groups in total. The summed E-state index contributed by atoms with van der Waals surface area (Å²) in [6.45, 7) is 2.43. The van der Waals surface area contributed by atoms with E-state index in [4.69, 9.17) is 5.73 Å². The molecule has 0 saturated heterocycles. The fourth-order valence-corrected chi connectivity index (χ4v) is 5.14. The molecule has 4 saturated carbocycles. The molecule has 3 nitrogen and oxygen atoms in total. The Labute approximate surface area is 110 Å². The van der Waals surface area contributed by atoms with Gasteiger partial charge < -0.3 is 10.6 Å². The molecule has 102 valence electrons. The SMILES string of the molecule is CC(CN)C(=O)N(C)C12CC3CC(CC(C3)C1)C2. The van der Waals surface area contributed by atoms with Gasteiger partial charge in [0.15, 0.2) is 0 Å². The Balaban J connectivity index is 1.80. The van der Waals surface area contributed by atoms with Crippen LogP contribution >= 0.6 is 0 Å². The Kier molecular flexibility index (Phi) is 2.92. The number of nitrogens with two attached hydrogens (primary N) is 1. The molecule has 4 fully saturated rings. The molecular weight excluding hydrogens is 224 g/mol. The van der Waals surface area contributed by atoms with E-state index < -0.39 is 0 Å². The third-order valence-electron chi connectivity index (χ3n) is 5.82. The van der Waals surface area contributed by atoms with Crippen molar-refractivity contribution in [2.24, 2.45) is 29.4 Å². The quantitative estimate of drug-likeness (QED) is 0.833. The zero-order valence-electron chi connectivity index (χ0n) is 11.7. The predicted octanol–water partition coefficient (Wildman–Crippen LogP) is 2.01. The Morgan fingerprint density at radius 1 is 1.22 bits per heavy atom. The van der Waals surface area contributed by atoms with E-state index in [0.29, 0.717) is 6.54 Å². The van der Waals surface area contributed by atoms with Crippen LogP contribution in [0.1, 0.15) is 45.4 Å². The van der Waals surface area contributed by atoms with E-state index >= 15 is 0 Å². The highest BCUT2D eigenvalue weighted by molar-refractivity contribution is 5.79. The first-order valence-electron chi connectivity index (χ1n) is 7.52. The number of amides is 1. The molecule has 0 aliphatic heterocycles. The van der Waals surface area contributed by atoms with Gasteiger partial charge in [-0.15, -0.1) is 0 Å². The number of hydrogen-bond donors (Lipinski definition) is 1. The van der Waals surface area contributed by atoms with E-state index in [-0.39, 0.29) is 17.4 Å². The highest BCUT2D eigenvalue weighted by Crippen LogP contribution is 2.57. The summed E-state index contributed by atoms with van der Waals surface area (Å²) in [6, 6.07) is 0. The molecular formula is C15H26N2O. The molecule has 18 heavy (non-hydrogen) atoms. The number of nitrogens with zero attached hydrogens (tertiary/aromatic N) is 1. The molecule has 0 aromatic rings. The van der Waals surface area contributed by atoms with Crippen LogP contribution in [0.5, 0.6) is 0 Å². The highest BCUT2D eigenvalue weighted by Gasteiger charge is 2.53. The summed E-state index contributed by atoms with van der Waals surface area (Å²) >= 11 is 0. The zero-order chi connectivity index (χ0) is 12.9. The van der Waals surface area contributed by atoms with Gasteiger partial charge >= 0.3 is 0 Å². The molecule has 0 aromatic carbocycles. The van der Waals surface area contributed by atoms with Gasteiger partial charge in [-0.3, -0.25) is 4.79 Å². The molecule has 3 heteroatoms. The second-order valence-corrected chi connectivity index (χ2v) is 7.18. The average molecular weight is 250 g/mol. The van der Waals surface area contributed by atoms with Crippen LogP contribution < -0.4 is 5.73 Å². The van der Waals surface area contributed by atoms with Crippen molar-refractivity contribution in [3.8, 4) is 0 Å². The van der Waals surface area contributed by atoms with Crippen molar-refractivity contribution in [2.75, 3.05) is 13.6 Å². The minimum Gasteiger partial charge on any atom is -0.340 e. The maximum atomic E-state index is 12.4. The zero-order valence-corrected chi connectivity index (χ0v) is 11.7. The Morgan fingerprint density at radius 2 is 1.67 bits per heavy atom. The van der Waals surface area contributed by atoms with E-state index in [1.807, 2.05) is 14.0 Å². The molecule has 1 atom stereocenters. The molecule has 4 bridgehead atoms. The van der Waals surface area contributed by atoms with Crippen LogP contribution in [-0.2, 0) is 4.79 Å². The van der Waals surface area contributed by atoms with Gasteiger partial charge in [-0.2, -0.15) is 0 Å². The number of carbonyl (C=O) groups is 1. The molecule has 4 aliphatic rings. The largest absolute Gasteiger partial charge is 0.340 e. The van der Waals surface area contributed by atoms with Crippen molar-refractivity contribution >= 4 is 5.91 Å². The lowest BCUT2D eigenvalue weighted by molar-refractivity contribution is -0.150. The van der Waals surface area contributed by atoms with Crippen molar-refractivity contribution in [3.05, 3.63) is 0 Å². The van der Waals surface area contributed by atoms with Gasteiger partial charge in [-0.25, -0.2) is 0 Å². The summed E-state index contributed by atoms with van der Waals surface area (Å²) < 4.78 is 0. The van der Waals surface area contributed by atoms with Crippen LogP contribution in [0, 0.1) is 23.7 Å². The Bertz CT molecular complexity index is 317. The van der Waals surface area contributed by atoms with Crippen LogP contribution in [0.4, 0.5) is 0 Å². The van der Waals surface area contributed by atoms with Crippen molar-refractivity contribution in [1.29, 1.82) is 0 Å². The monoisotopic (exact) mass is 250 g/mol. The molecule has 0 radical (unpaired) electrons. The smallest absolute Gasteiger partial charge is 0.226 e. The van der Waals surface area contributed by atoms with E-state index in [1.54, 1.807) is 0 Å². The molecule has 4 aliphatic carbocycles. The van der Waals surface area contributed by atoms with Gasteiger partial charge in [0.05, 0.1) is 0 Å². The lowest BCUT2D eigenvalue weighted by Gasteiger charge is -2.60. The maximum absolute atomic E-state index is 12.4. The Morgan fingerprint density at radius 3 is 2.06 bits per heavy atom. The van der Waals surface area contributed by atoms with E-state index in [1.165, 1.54) is 38.5 Å². The minimum atomic E-state index is -0.0250. The van der Waals surface area contributed by atoms with Gasteiger partial charge in [0.1, 0.15) is 0 Å². The number of carbonyl (C=O) groups excluding carboxylic acids is 1. The molecule has 1 unspecified atom stereocenters. The lowest BCUT2D eigenvalue weighted by Crippen LogP contribution is -2.61. The van der Waals surface area contributed by atoms with Gasteiger partial charge in [-0.05, 0) is 56.3 Å². The second kappa shape index (κ2) is 4.22. The van der Waals surface area contributed by atoms with Crippen molar-refractivity contribution in [2.45, 2.75) is 51.0 Å². The average Bonchev–Trinajstić information content (AvgIpc) is 2.34. The highest BCUT2D eigenvalue weighted by atomic mass is 16.2. The standard InChI is InChI=1S/C15H26N2O/c1-10(9-16)14(18)17(2)15-6-11-3-12(7-15)5-13(4-11)8-15/h10-13H,3-9,16H2,1-2H3. The van der Waals surface area contributed by atoms with Gasteiger partial charge in [0.2, 0.25) is 5.91 Å². The molecule has 0 spiro atoms. The van der Waals surface area contributed by atoms with Crippen molar-refractivity contribution < 1.29 is 4.79 Å². The summed E-state index contributed by atoms with van der Waals surface area (Å²) in [5.41, 5.74) is 5.84. The first-order valence-corrected chi connectivity index (χ1v) is 7.52. The third-order valence-corrected chi connectivity index (χ3v) is 5.82. The van der Waals surface area contributed by atoms with Crippen LogP contribution in [0.15, 0.2) is 0 Å². The molecule has 4 rings (SSSR count).